The Balaban J connectivity index is 2.20. The first-order valence-corrected chi connectivity index (χ1v) is 7.70. The summed E-state index contributed by atoms with van der Waals surface area (Å²) in [5, 5.41) is 3.39. The maximum atomic E-state index is 12.9. The summed E-state index contributed by atoms with van der Waals surface area (Å²) < 4.78 is 0. The number of piperazine rings is 1. The van der Waals surface area contributed by atoms with Gasteiger partial charge < -0.3 is 10.2 Å². The van der Waals surface area contributed by atoms with Crippen LogP contribution in [-0.4, -0.2) is 36.5 Å². The van der Waals surface area contributed by atoms with Crippen molar-refractivity contribution < 1.29 is 4.79 Å². The molecule has 0 radical (unpaired) electrons. The van der Waals surface area contributed by atoms with Crippen molar-refractivity contribution in [3.05, 3.63) is 35.9 Å². The van der Waals surface area contributed by atoms with Crippen LogP contribution in [-0.2, 0) is 4.79 Å². The third kappa shape index (κ3) is 3.40. The van der Waals surface area contributed by atoms with Crippen molar-refractivity contribution in [2.45, 2.75) is 39.2 Å². The number of benzene rings is 1. The Labute approximate surface area is 122 Å². The summed E-state index contributed by atoms with van der Waals surface area (Å²) in [7, 11) is 0. The average molecular weight is 274 g/mol. The average Bonchev–Trinajstić information content (AvgIpc) is 2.48. The van der Waals surface area contributed by atoms with Gasteiger partial charge in [-0.25, -0.2) is 0 Å². The van der Waals surface area contributed by atoms with Crippen LogP contribution in [0.3, 0.4) is 0 Å². The molecular formula is C17H26N2O. The van der Waals surface area contributed by atoms with Crippen LogP contribution in [0.1, 0.15) is 38.7 Å². The summed E-state index contributed by atoms with van der Waals surface area (Å²) in [5.41, 5.74) is 1.15. The largest absolute Gasteiger partial charge is 0.339 e. The lowest BCUT2D eigenvalue weighted by molar-refractivity contribution is -0.135. The second kappa shape index (κ2) is 6.89. The van der Waals surface area contributed by atoms with Crippen LogP contribution in [0.15, 0.2) is 30.3 Å². The zero-order chi connectivity index (χ0) is 14.5. The van der Waals surface area contributed by atoms with E-state index in [4.69, 9.17) is 0 Å². The minimum Gasteiger partial charge on any atom is -0.339 e. The van der Waals surface area contributed by atoms with Gasteiger partial charge in [0.05, 0.1) is 5.92 Å². The molecule has 1 fully saturated rings. The first kappa shape index (κ1) is 15.0. The molecule has 20 heavy (non-hydrogen) atoms. The lowest BCUT2D eigenvalue weighted by atomic mass is 9.84. The minimum absolute atomic E-state index is 0.00787. The molecule has 1 aliphatic heterocycles. The molecular weight excluding hydrogens is 248 g/mol. The fourth-order valence-corrected chi connectivity index (χ4v) is 2.94. The summed E-state index contributed by atoms with van der Waals surface area (Å²) in [5.74, 6) is 0.653. The molecule has 0 aliphatic carbocycles. The van der Waals surface area contributed by atoms with Gasteiger partial charge in [-0.05, 0) is 18.4 Å². The van der Waals surface area contributed by atoms with Crippen molar-refractivity contribution in [3.8, 4) is 0 Å². The topological polar surface area (TPSA) is 32.3 Å². The summed E-state index contributed by atoms with van der Waals surface area (Å²) >= 11 is 0. The first-order valence-electron chi connectivity index (χ1n) is 7.70. The molecule has 1 heterocycles. The van der Waals surface area contributed by atoms with Crippen molar-refractivity contribution in [2.75, 3.05) is 19.6 Å². The number of carbonyl (C=O) groups is 1. The third-order valence-electron chi connectivity index (χ3n) is 4.32. The molecule has 2 unspecified atom stereocenters. The van der Waals surface area contributed by atoms with Gasteiger partial charge in [0.2, 0.25) is 5.91 Å². The fraction of sp³-hybridized carbons (Fsp3) is 0.588. The normalized spacial score (nSPS) is 22.4. The molecule has 110 valence electrons. The summed E-state index contributed by atoms with van der Waals surface area (Å²) in [6, 6.07) is 10.6. The van der Waals surface area contributed by atoms with E-state index in [0.717, 1.165) is 31.6 Å². The van der Waals surface area contributed by atoms with Crippen LogP contribution in [0.4, 0.5) is 0 Å². The van der Waals surface area contributed by atoms with Crippen molar-refractivity contribution in [1.82, 2.24) is 10.2 Å². The monoisotopic (exact) mass is 274 g/mol. The fourth-order valence-electron chi connectivity index (χ4n) is 2.94. The molecule has 3 atom stereocenters. The number of nitrogens with one attached hydrogen (secondary N) is 1. The molecule has 1 aromatic rings. The Morgan fingerprint density at radius 3 is 2.70 bits per heavy atom. The highest BCUT2D eigenvalue weighted by atomic mass is 16.2. The first-order chi connectivity index (χ1) is 9.63. The van der Waals surface area contributed by atoms with Crippen LogP contribution in [0.5, 0.6) is 0 Å². The predicted octanol–water partition coefficient (Wildman–Crippen LogP) is 2.64. The zero-order valence-electron chi connectivity index (χ0n) is 12.8. The van der Waals surface area contributed by atoms with E-state index in [1.54, 1.807) is 0 Å². The summed E-state index contributed by atoms with van der Waals surface area (Å²) in [6.45, 7) is 9.02. The van der Waals surface area contributed by atoms with Crippen molar-refractivity contribution >= 4 is 5.91 Å². The highest BCUT2D eigenvalue weighted by Gasteiger charge is 2.31. The Bertz CT molecular complexity index is 432. The molecule has 0 aromatic heterocycles. The van der Waals surface area contributed by atoms with Crippen LogP contribution in [0.25, 0.3) is 0 Å². The zero-order valence-corrected chi connectivity index (χ0v) is 12.8. The maximum absolute atomic E-state index is 12.9. The predicted molar refractivity (Wildman–Crippen MR) is 82.7 cm³/mol. The minimum atomic E-state index is -0.00787. The van der Waals surface area contributed by atoms with Gasteiger partial charge in [-0.15, -0.1) is 0 Å². The summed E-state index contributed by atoms with van der Waals surface area (Å²) in [6.07, 6.45) is 1.02. The molecule has 3 nitrogen and oxygen atoms in total. The molecule has 0 spiro atoms. The van der Waals surface area contributed by atoms with E-state index in [0.29, 0.717) is 17.9 Å². The van der Waals surface area contributed by atoms with Gasteiger partial charge in [0.15, 0.2) is 0 Å². The highest BCUT2D eigenvalue weighted by Crippen LogP contribution is 2.29. The van der Waals surface area contributed by atoms with E-state index in [1.807, 2.05) is 23.1 Å². The van der Waals surface area contributed by atoms with Crippen molar-refractivity contribution in [1.29, 1.82) is 0 Å². The maximum Gasteiger partial charge on any atom is 0.230 e. The summed E-state index contributed by atoms with van der Waals surface area (Å²) in [4.78, 5) is 15.0. The lowest BCUT2D eigenvalue weighted by Crippen LogP contribution is -2.53. The van der Waals surface area contributed by atoms with Gasteiger partial charge in [-0.3, -0.25) is 4.79 Å². The second-order valence-electron chi connectivity index (χ2n) is 5.91. The lowest BCUT2D eigenvalue weighted by Gasteiger charge is -2.36. The molecule has 2 rings (SSSR count). The Morgan fingerprint density at radius 1 is 1.40 bits per heavy atom. The highest BCUT2D eigenvalue weighted by molar-refractivity contribution is 5.84. The Kier molecular flexibility index (Phi) is 5.18. The van der Waals surface area contributed by atoms with Gasteiger partial charge in [-0.2, -0.15) is 0 Å². The molecule has 0 bridgehead atoms. The smallest absolute Gasteiger partial charge is 0.230 e. The SMILES string of the molecule is CCC(C)C(C(=O)N1CCN[C@H](C)C1)c1ccccc1. The number of rotatable bonds is 4. The van der Waals surface area contributed by atoms with Crippen molar-refractivity contribution in [3.63, 3.8) is 0 Å². The van der Waals surface area contributed by atoms with Gasteiger partial charge in [0, 0.05) is 25.7 Å². The molecule has 0 saturated carbocycles. The van der Waals surface area contributed by atoms with E-state index < -0.39 is 0 Å². The van der Waals surface area contributed by atoms with E-state index in [2.05, 4.69) is 38.2 Å². The molecule has 1 aliphatic rings. The third-order valence-corrected chi connectivity index (χ3v) is 4.32. The van der Waals surface area contributed by atoms with Crippen LogP contribution < -0.4 is 5.32 Å². The van der Waals surface area contributed by atoms with E-state index in [1.165, 1.54) is 0 Å². The van der Waals surface area contributed by atoms with E-state index in [9.17, 15) is 4.79 Å². The number of nitrogens with zero attached hydrogens (tertiary/aromatic N) is 1. The molecule has 1 N–H and O–H groups in total. The molecule has 1 aromatic carbocycles. The second-order valence-corrected chi connectivity index (χ2v) is 5.91. The number of carbonyl (C=O) groups excluding carboxylic acids is 1. The van der Waals surface area contributed by atoms with Gasteiger partial charge >= 0.3 is 0 Å². The number of hydrogen-bond acceptors (Lipinski definition) is 2. The van der Waals surface area contributed by atoms with Crippen LogP contribution in [0.2, 0.25) is 0 Å². The standard InChI is InChI=1S/C17H26N2O/c1-4-13(2)16(15-8-6-5-7-9-15)17(20)19-11-10-18-14(3)12-19/h5-9,13-14,16,18H,4,10-12H2,1-3H3/t13?,14-,16?/m1/s1. The van der Waals surface area contributed by atoms with Gasteiger partial charge in [-0.1, -0.05) is 50.6 Å². The quantitative estimate of drug-likeness (QED) is 0.915. The number of hydrogen-bond donors (Lipinski definition) is 1. The number of amides is 1. The van der Waals surface area contributed by atoms with E-state index in [-0.39, 0.29) is 5.92 Å². The Hall–Kier alpha value is -1.35. The molecule has 1 amide bonds. The molecule has 1 saturated heterocycles. The van der Waals surface area contributed by atoms with E-state index >= 15 is 0 Å². The molecule has 3 heteroatoms. The van der Waals surface area contributed by atoms with Gasteiger partial charge in [0.1, 0.15) is 0 Å². The Morgan fingerprint density at radius 2 is 2.10 bits per heavy atom. The van der Waals surface area contributed by atoms with Gasteiger partial charge in [0.25, 0.3) is 0 Å². The van der Waals surface area contributed by atoms with Crippen LogP contribution >= 0.6 is 0 Å². The van der Waals surface area contributed by atoms with Crippen molar-refractivity contribution in [2.24, 2.45) is 5.92 Å². The van der Waals surface area contributed by atoms with Crippen LogP contribution in [0, 0.1) is 5.92 Å².